The summed E-state index contributed by atoms with van der Waals surface area (Å²) in [6.07, 6.45) is -3.91. The molecule has 3 saturated heterocycles. The molecular weight excluding hydrogens is 706 g/mol. The Hall–Kier alpha value is -3.51. The number of amidine groups is 1. The van der Waals surface area contributed by atoms with Crippen molar-refractivity contribution < 1.29 is 57.3 Å². The van der Waals surface area contributed by atoms with E-state index in [1.165, 1.54) is 14.0 Å². The summed E-state index contributed by atoms with van der Waals surface area (Å²) in [5.74, 6) is -8.31. The fourth-order valence-electron chi connectivity index (χ4n) is 8.56. The second-order valence-corrected chi connectivity index (χ2v) is 15.8. The summed E-state index contributed by atoms with van der Waals surface area (Å²) in [7, 11) is 5.15. The molecule has 14 atom stereocenters. The zero-order chi connectivity index (χ0) is 40.4. The van der Waals surface area contributed by atoms with Crippen molar-refractivity contribution >= 4 is 29.3 Å². The molecule has 54 heavy (non-hydrogen) atoms. The molecule has 0 radical (unpaired) electrons. The summed E-state index contributed by atoms with van der Waals surface area (Å²) in [6.45, 7) is 14.8. The highest BCUT2D eigenvalue weighted by atomic mass is 16.7. The summed E-state index contributed by atoms with van der Waals surface area (Å²) >= 11 is 0. The van der Waals surface area contributed by atoms with Crippen LogP contribution in [0.15, 0.2) is 9.68 Å². The number of nitrogens with zero attached hydrogens (tertiary/aromatic N) is 4. The van der Waals surface area contributed by atoms with Crippen LogP contribution in [-0.4, -0.2) is 119 Å². The van der Waals surface area contributed by atoms with E-state index in [0.29, 0.717) is 12.3 Å². The van der Waals surface area contributed by atoms with Gasteiger partial charge in [0, 0.05) is 43.7 Å². The molecule has 17 nitrogen and oxygen atoms in total. The van der Waals surface area contributed by atoms with E-state index in [1.807, 2.05) is 25.9 Å². The molecule has 0 aromatic carbocycles. The lowest BCUT2D eigenvalue weighted by Crippen LogP contribution is -2.59. The SMILES string of the molecule is CC[C@H]1OC(=O)[C@H](C)C(=O)[C@H](C)[C@@H](OC2OC(C)CC(N(C)C)C2O)[C@@](C)(OC)C[C@@H](C)C(=O)[C@H](C)C2C(/C(N)=N\OCc3noc(C)n3)C(=O)O[C@@]21C. The van der Waals surface area contributed by atoms with Gasteiger partial charge < -0.3 is 48.8 Å². The molecule has 3 fully saturated rings. The number of oxime groups is 1. The van der Waals surface area contributed by atoms with E-state index < -0.39 is 89.0 Å². The minimum Gasteiger partial charge on any atom is -0.458 e. The van der Waals surface area contributed by atoms with Gasteiger partial charge in [0.1, 0.15) is 29.8 Å². The van der Waals surface area contributed by atoms with Gasteiger partial charge in [0.15, 0.2) is 30.1 Å². The number of Topliss-reactive ketones (excluding diaryl/α,β-unsaturated/α-hetero) is 2. The molecule has 4 heterocycles. The number of ether oxygens (including phenoxy) is 5. The average Bonchev–Trinajstić information content (AvgIpc) is 3.66. The third-order valence-electron chi connectivity index (χ3n) is 11.6. The molecule has 0 amide bonds. The van der Waals surface area contributed by atoms with Crippen LogP contribution in [0, 0.1) is 42.4 Å². The summed E-state index contributed by atoms with van der Waals surface area (Å²) in [6, 6.07) is -0.304. The van der Waals surface area contributed by atoms with Crippen LogP contribution in [-0.2, 0) is 54.3 Å². The monoisotopic (exact) mass is 765 g/mol. The van der Waals surface area contributed by atoms with E-state index >= 15 is 0 Å². The number of fused-ring (bicyclic) bond motifs is 1. The molecule has 17 heteroatoms. The third kappa shape index (κ3) is 8.64. The Morgan fingerprint density at radius 1 is 1.06 bits per heavy atom. The number of cyclic esters (lactones) is 1. The van der Waals surface area contributed by atoms with Gasteiger partial charge in [-0.15, -0.1) is 0 Å². The van der Waals surface area contributed by atoms with Crippen molar-refractivity contribution in [3.63, 3.8) is 0 Å². The summed E-state index contributed by atoms with van der Waals surface area (Å²) < 4.78 is 35.8. The highest BCUT2D eigenvalue weighted by molar-refractivity contribution is 6.03. The number of methoxy groups -OCH3 is 1. The number of hydrogen-bond donors (Lipinski definition) is 2. The third-order valence-corrected chi connectivity index (χ3v) is 11.6. The Morgan fingerprint density at radius 3 is 2.30 bits per heavy atom. The molecule has 304 valence electrons. The van der Waals surface area contributed by atoms with Crippen LogP contribution in [0.3, 0.4) is 0 Å². The van der Waals surface area contributed by atoms with Crippen LogP contribution in [0.5, 0.6) is 0 Å². The van der Waals surface area contributed by atoms with Crippen LogP contribution in [0.25, 0.3) is 0 Å². The largest absolute Gasteiger partial charge is 0.458 e. The molecule has 3 aliphatic rings. The topological polar surface area (TPSA) is 224 Å². The number of esters is 2. The van der Waals surface area contributed by atoms with Gasteiger partial charge >= 0.3 is 11.9 Å². The minimum absolute atomic E-state index is 0.0557. The fraction of sp³-hybridized carbons (Fsp3) is 0.811. The maximum absolute atomic E-state index is 14.6. The maximum Gasteiger partial charge on any atom is 0.317 e. The second kappa shape index (κ2) is 17.1. The van der Waals surface area contributed by atoms with Gasteiger partial charge in [-0.1, -0.05) is 38.0 Å². The molecule has 3 N–H and O–H groups in total. The second-order valence-electron chi connectivity index (χ2n) is 15.8. The van der Waals surface area contributed by atoms with Gasteiger partial charge in [0.2, 0.25) is 11.7 Å². The van der Waals surface area contributed by atoms with E-state index in [4.69, 9.17) is 38.8 Å². The first-order valence-electron chi connectivity index (χ1n) is 18.7. The number of aliphatic hydroxyl groups excluding tert-OH is 1. The smallest absolute Gasteiger partial charge is 0.317 e. The van der Waals surface area contributed by atoms with Crippen LogP contribution in [0.4, 0.5) is 0 Å². The summed E-state index contributed by atoms with van der Waals surface area (Å²) in [5, 5.41) is 19.1. The van der Waals surface area contributed by atoms with Crippen molar-refractivity contribution in [1.82, 2.24) is 15.0 Å². The Bertz CT molecular complexity index is 1550. The van der Waals surface area contributed by atoms with Crippen molar-refractivity contribution in [1.29, 1.82) is 0 Å². The van der Waals surface area contributed by atoms with E-state index in [1.54, 1.807) is 48.5 Å². The van der Waals surface area contributed by atoms with Gasteiger partial charge in [-0.05, 0) is 61.1 Å². The Morgan fingerprint density at radius 2 is 1.72 bits per heavy atom. The highest BCUT2D eigenvalue weighted by Crippen LogP contribution is 2.48. The van der Waals surface area contributed by atoms with Crippen molar-refractivity contribution in [3.8, 4) is 0 Å². The maximum atomic E-state index is 14.6. The number of rotatable bonds is 9. The molecule has 1 aromatic heterocycles. The van der Waals surface area contributed by atoms with E-state index in [9.17, 15) is 24.3 Å². The first-order chi connectivity index (χ1) is 25.2. The van der Waals surface area contributed by atoms with Crippen molar-refractivity contribution in [2.24, 2.45) is 46.4 Å². The normalized spacial score (nSPS) is 40.2. The molecule has 0 saturated carbocycles. The number of carbonyl (C=O) groups is 4. The Balaban J connectivity index is 1.77. The molecule has 6 unspecified atom stereocenters. The molecule has 0 aliphatic carbocycles. The Labute approximate surface area is 316 Å². The van der Waals surface area contributed by atoms with E-state index in [-0.39, 0.29) is 49.0 Å². The van der Waals surface area contributed by atoms with Gasteiger partial charge in [-0.25, -0.2) is 0 Å². The Kier molecular flexibility index (Phi) is 13.7. The number of hydrogen-bond acceptors (Lipinski definition) is 16. The minimum atomic E-state index is -1.56. The van der Waals surface area contributed by atoms with Crippen molar-refractivity contribution in [2.45, 2.75) is 136 Å². The number of carbonyl (C=O) groups excluding carboxylic acids is 4. The van der Waals surface area contributed by atoms with Crippen molar-refractivity contribution in [2.75, 3.05) is 21.2 Å². The van der Waals surface area contributed by atoms with E-state index in [0.717, 1.165) is 0 Å². The molecular formula is C37H59N5O12. The van der Waals surface area contributed by atoms with Crippen LogP contribution in [0.2, 0.25) is 0 Å². The lowest BCUT2D eigenvalue weighted by molar-refractivity contribution is -0.295. The van der Waals surface area contributed by atoms with Crippen LogP contribution < -0.4 is 5.73 Å². The number of likely N-dealkylation sites (N-methyl/N-ethyl adjacent to an activating group) is 1. The molecule has 0 bridgehead atoms. The molecule has 1 aromatic rings. The summed E-state index contributed by atoms with van der Waals surface area (Å²) in [5.41, 5.74) is 3.54. The number of aliphatic hydroxyl groups is 1. The first-order valence-corrected chi connectivity index (χ1v) is 18.7. The summed E-state index contributed by atoms with van der Waals surface area (Å²) in [4.78, 5) is 67.8. The number of aryl methyl sites for hydroxylation is 1. The lowest BCUT2D eigenvalue weighted by atomic mass is 9.67. The molecule has 4 rings (SSSR count). The fourth-order valence-corrected chi connectivity index (χ4v) is 8.56. The van der Waals surface area contributed by atoms with Gasteiger partial charge in [0.05, 0.1) is 17.8 Å². The number of nitrogens with two attached hydrogens (primary N) is 1. The van der Waals surface area contributed by atoms with Gasteiger partial charge in [-0.3, -0.25) is 19.2 Å². The quantitative estimate of drug-likeness (QED) is 0.121. The predicted molar refractivity (Wildman–Crippen MR) is 191 cm³/mol. The van der Waals surface area contributed by atoms with E-state index in [2.05, 4.69) is 15.3 Å². The highest BCUT2D eigenvalue weighted by Gasteiger charge is 2.62. The van der Waals surface area contributed by atoms with Crippen molar-refractivity contribution in [3.05, 3.63) is 11.7 Å². The standard InChI is InChI=1S/C37H59N5O12/c1-13-24-37(9)27(26(34(47)53-37)32(38)41-49-16-25-39-22(7)54-40-25)19(4)28(43)17(2)15-36(8,48-12)31(20(5)29(44)21(6)33(46)51-24)52-35-30(45)23(42(10)11)14-18(3)50-35/h17-21,23-24,26-27,30-31,35,45H,13-16H2,1-12H3,(H2,38,41)/t17-,18?,19-,20+,21-,23?,24-,26?,27?,30?,31-,35?,36+,37-/m1/s1. The van der Waals surface area contributed by atoms with Gasteiger partial charge in [-0.2, -0.15) is 4.98 Å². The zero-order valence-electron chi connectivity index (χ0n) is 33.6. The predicted octanol–water partition coefficient (Wildman–Crippen LogP) is 2.34. The molecule has 0 spiro atoms. The van der Waals surface area contributed by atoms with Gasteiger partial charge in [0.25, 0.3) is 0 Å². The average molecular weight is 766 g/mol. The van der Waals surface area contributed by atoms with Crippen LogP contribution >= 0.6 is 0 Å². The van der Waals surface area contributed by atoms with Crippen LogP contribution in [0.1, 0.15) is 86.4 Å². The number of ketones is 2. The molecule has 3 aliphatic heterocycles. The zero-order valence-corrected chi connectivity index (χ0v) is 33.6. The first kappa shape index (κ1) is 43.2. The number of aromatic nitrogens is 2. The lowest BCUT2D eigenvalue weighted by Gasteiger charge is -2.47.